The van der Waals surface area contributed by atoms with E-state index in [4.69, 9.17) is 21.3 Å². The number of aromatic amines is 1. The van der Waals surface area contributed by atoms with Crippen molar-refractivity contribution in [2.75, 3.05) is 7.05 Å². The molecular formula is C25H29ClN6O4. The number of nitrogens with one attached hydrogen (secondary N) is 2. The largest absolute Gasteiger partial charge is 0.490 e. The highest BCUT2D eigenvalue weighted by atomic mass is 35.5. The lowest BCUT2D eigenvalue weighted by molar-refractivity contribution is 0.0956. The molecule has 1 aliphatic carbocycles. The van der Waals surface area contributed by atoms with Crippen LogP contribution in [0.25, 0.3) is 0 Å². The highest BCUT2D eigenvalue weighted by Crippen LogP contribution is 2.25. The summed E-state index contributed by atoms with van der Waals surface area (Å²) >= 11 is 6.00. The van der Waals surface area contributed by atoms with Gasteiger partial charge in [-0.05, 0) is 56.4 Å². The van der Waals surface area contributed by atoms with Gasteiger partial charge in [0.05, 0.1) is 18.7 Å². The Morgan fingerprint density at radius 1 is 1.17 bits per heavy atom. The van der Waals surface area contributed by atoms with Gasteiger partial charge in [0.1, 0.15) is 11.4 Å². The minimum absolute atomic E-state index is 0.0234. The summed E-state index contributed by atoms with van der Waals surface area (Å²) in [5.74, 6) is 0.325. The summed E-state index contributed by atoms with van der Waals surface area (Å²) in [6.45, 7) is 2.27. The third kappa shape index (κ3) is 5.93. The number of aromatic nitrogens is 4. The maximum Gasteiger partial charge on any atom is 0.335 e. The third-order valence-corrected chi connectivity index (χ3v) is 6.45. The Bertz CT molecular complexity index is 1400. The summed E-state index contributed by atoms with van der Waals surface area (Å²) in [4.78, 5) is 49.0. The number of hydrogen-bond donors (Lipinski definition) is 2. The lowest BCUT2D eigenvalue weighted by Gasteiger charge is -2.27. The van der Waals surface area contributed by atoms with Crippen LogP contribution in [-0.4, -0.2) is 44.2 Å². The van der Waals surface area contributed by atoms with Crippen molar-refractivity contribution in [3.8, 4) is 5.75 Å². The second kappa shape index (κ2) is 11.4. The monoisotopic (exact) mass is 512 g/mol. The molecule has 0 unspecified atom stereocenters. The molecule has 2 aromatic heterocycles. The maximum absolute atomic E-state index is 13.1. The van der Waals surface area contributed by atoms with Gasteiger partial charge in [0.25, 0.3) is 5.91 Å². The number of carbonyl (C=O) groups is 1. The van der Waals surface area contributed by atoms with E-state index in [1.54, 1.807) is 44.4 Å². The Morgan fingerprint density at radius 2 is 1.89 bits per heavy atom. The minimum Gasteiger partial charge on any atom is -0.490 e. The van der Waals surface area contributed by atoms with E-state index in [2.05, 4.69) is 15.3 Å². The molecule has 1 amide bonds. The standard InChI is InChI=1S/C25H29ClN6O4/c1-3-31-24(34)30-23(32(25(31)35)15-16-4-6-17(26)7-5-16)29-18-8-10-19(11-9-18)36-20-12-13-28-21(14-20)22(33)27-2/h4-7,12-14,18-19H,3,8-11,15H2,1-2H3,(H,27,33)(H,29,30,34)/t18-,19-. The summed E-state index contributed by atoms with van der Waals surface area (Å²) in [6.07, 6.45) is 4.49. The van der Waals surface area contributed by atoms with Gasteiger partial charge in [-0.2, -0.15) is 0 Å². The molecular weight excluding hydrogens is 484 g/mol. The zero-order valence-electron chi connectivity index (χ0n) is 20.2. The first-order valence-corrected chi connectivity index (χ1v) is 12.3. The van der Waals surface area contributed by atoms with E-state index in [0.717, 1.165) is 35.8 Å². The molecule has 0 saturated heterocycles. The molecule has 190 valence electrons. The second-order valence-electron chi connectivity index (χ2n) is 8.63. The van der Waals surface area contributed by atoms with Crippen LogP contribution < -0.4 is 27.1 Å². The Morgan fingerprint density at radius 3 is 2.56 bits per heavy atom. The fourth-order valence-electron chi connectivity index (χ4n) is 4.24. The molecule has 0 radical (unpaired) electrons. The minimum atomic E-state index is -0.477. The number of carbonyl (C=O) groups excluding carboxylic acids is 1. The van der Waals surface area contributed by atoms with Crippen molar-refractivity contribution < 1.29 is 9.53 Å². The van der Waals surface area contributed by atoms with Gasteiger partial charge in [0, 0.05) is 30.9 Å². The molecule has 0 aliphatic heterocycles. The highest BCUT2D eigenvalue weighted by molar-refractivity contribution is 6.30. The van der Waals surface area contributed by atoms with E-state index in [-0.39, 0.29) is 36.8 Å². The molecule has 36 heavy (non-hydrogen) atoms. The van der Waals surface area contributed by atoms with E-state index in [9.17, 15) is 14.4 Å². The lowest BCUT2D eigenvalue weighted by Crippen LogP contribution is -2.50. The van der Waals surface area contributed by atoms with Crippen molar-refractivity contribution >= 4 is 17.5 Å². The molecule has 1 aliphatic rings. The van der Waals surface area contributed by atoms with Gasteiger partial charge in [0.15, 0.2) is 0 Å². The van der Waals surface area contributed by atoms with Crippen molar-refractivity contribution in [1.82, 2.24) is 24.4 Å². The number of rotatable bonds is 7. The molecule has 0 atom stereocenters. The first-order chi connectivity index (χ1) is 17.4. The Kier molecular flexibility index (Phi) is 8.04. The molecule has 1 fully saturated rings. The Balaban J connectivity index is 1.52. The Hall–Kier alpha value is -3.66. The predicted molar refractivity (Wildman–Crippen MR) is 135 cm³/mol. The smallest absolute Gasteiger partial charge is 0.335 e. The van der Waals surface area contributed by atoms with Gasteiger partial charge in [-0.25, -0.2) is 19.1 Å². The summed E-state index contributed by atoms with van der Waals surface area (Å²) in [6, 6.07) is 10.5. The van der Waals surface area contributed by atoms with Crippen LogP contribution in [0.3, 0.4) is 0 Å². The molecule has 0 bridgehead atoms. The molecule has 1 saturated carbocycles. The molecule has 4 rings (SSSR count). The molecule has 1 aromatic carbocycles. The predicted octanol–water partition coefficient (Wildman–Crippen LogP) is 2.11. The van der Waals surface area contributed by atoms with Crippen LogP contribution >= 0.6 is 11.6 Å². The zero-order valence-corrected chi connectivity index (χ0v) is 21.0. The molecule has 10 nitrogen and oxygen atoms in total. The number of ether oxygens (including phenoxy) is 1. The van der Waals surface area contributed by atoms with Crippen LogP contribution in [0.2, 0.25) is 5.02 Å². The van der Waals surface area contributed by atoms with Crippen molar-refractivity contribution in [3.05, 3.63) is 85.5 Å². The van der Waals surface area contributed by atoms with Crippen LogP contribution in [0.5, 0.6) is 5.75 Å². The van der Waals surface area contributed by atoms with Crippen LogP contribution in [0.4, 0.5) is 0 Å². The first-order valence-electron chi connectivity index (χ1n) is 11.9. The zero-order chi connectivity index (χ0) is 25.7. The number of halogens is 1. The number of H-pyrrole nitrogens is 1. The number of hydrogen-bond acceptors (Lipinski definition) is 6. The van der Waals surface area contributed by atoms with Crippen LogP contribution in [-0.2, 0) is 13.1 Å². The van der Waals surface area contributed by atoms with Gasteiger partial charge in [-0.15, -0.1) is 0 Å². The van der Waals surface area contributed by atoms with E-state index in [1.165, 1.54) is 4.57 Å². The van der Waals surface area contributed by atoms with Crippen molar-refractivity contribution in [2.45, 2.75) is 57.8 Å². The van der Waals surface area contributed by atoms with Crippen LogP contribution in [0, 0.1) is 0 Å². The van der Waals surface area contributed by atoms with Gasteiger partial charge in [0.2, 0.25) is 5.62 Å². The lowest BCUT2D eigenvalue weighted by atomic mass is 9.93. The number of pyridine rings is 1. The Labute approximate surface area is 212 Å². The molecule has 2 heterocycles. The van der Waals surface area contributed by atoms with E-state index in [1.807, 2.05) is 12.1 Å². The summed E-state index contributed by atoms with van der Waals surface area (Å²) in [7, 11) is 1.55. The van der Waals surface area contributed by atoms with Crippen molar-refractivity contribution in [1.29, 1.82) is 0 Å². The molecule has 3 aromatic rings. The number of nitrogens with zero attached hydrogens (tertiary/aromatic N) is 4. The van der Waals surface area contributed by atoms with Gasteiger partial charge in [-0.3, -0.25) is 19.3 Å². The maximum atomic E-state index is 13.1. The SMILES string of the molecule is CCn1c(=O)[nH]/c(=N\[C@H]2CC[C@H](Oc3ccnc(C(=O)NC)c3)CC2)n(Cc2ccc(Cl)cc2)c1=O. The first kappa shape index (κ1) is 25.4. The second-order valence-corrected chi connectivity index (χ2v) is 9.06. The number of amides is 1. The third-order valence-electron chi connectivity index (χ3n) is 6.19. The highest BCUT2D eigenvalue weighted by Gasteiger charge is 2.23. The average molecular weight is 513 g/mol. The van der Waals surface area contributed by atoms with Crippen LogP contribution in [0.1, 0.15) is 48.7 Å². The van der Waals surface area contributed by atoms with Gasteiger partial charge >= 0.3 is 11.4 Å². The summed E-state index contributed by atoms with van der Waals surface area (Å²) < 4.78 is 8.73. The fourth-order valence-corrected chi connectivity index (χ4v) is 4.37. The van der Waals surface area contributed by atoms with Gasteiger partial charge in [-0.1, -0.05) is 23.7 Å². The average Bonchev–Trinajstić information content (AvgIpc) is 2.88. The summed E-state index contributed by atoms with van der Waals surface area (Å²) in [5.41, 5.74) is 0.554. The van der Waals surface area contributed by atoms with Gasteiger partial charge < -0.3 is 10.1 Å². The fraction of sp³-hybridized carbons (Fsp3) is 0.400. The van der Waals surface area contributed by atoms with Crippen molar-refractivity contribution in [2.24, 2.45) is 4.99 Å². The van der Waals surface area contributed by atoms with E-state index >= 15 is 0 Å². The van der Waals surface area contributed by atoms with Crippen LogP contribution in [0.15, 0.2) is 57.2 Å². The summed E-state index contributed by atoms with van der Waals surface area (Å²) in [5, 5.41) is 3.16. The van der Waals surface area contributed by atoms with E-state index < -0.39 is 11.4 Å². The normalized spacial score (nSPS) is 18.1. The van der Waals surface area contributed by atoms with Crippen molar-refractivity contribution in [3.63, 3.8) is 0 Å². The number of benzene rings is 1. The topological polar surface area (TPSA) is 123 Å². The molecule has 0 spiro atoms. The quantitative estimate of drug-likeness (QED) is 0.502. The van der Waals surface area contributed by atoms with E-state index in [0.29, 0.717) is 16.5 Å². The molecule has 2 N–H and O–H groups in total. The molecule has 11 heteroatoms.